The smallest absolute Gasteiger partial charge is 0.378 e. The molecule has 0 saturated heterocycles. The first-order chi connectivity index (χ1) is 5.79. The lowest BCUT2D eigenvalue weighted by Gasteiger charge is -2.12. The molecule has 6 heteroatoms. The number of nitrogens with one attached hydrogen (secondary N) is 1. The van der Waals surface area contributed by atoms with Gasteiger partial charge in [-0.1, -0.05) is 5.16 Å². The predicted molar refractivity (Wildman–Crippen MR) is 37.4 cm³/mol. The fourth-order valence-corrected chi connectivity index (χ4v) is 0.987. The van der Waals surface area contributed by atoms with Crippen LogP contribution in [0.15, 0.2) is 4.52 Å². The maximum Gasteiger partial charge on any atom is 0.378 e. The minimum absolute atomic E-state index is 0.189. The van der Waals surface area contributed by atoms with Crippen molar-refractivity contribution in [3.05, 3.63) is 5.76 Å². The number of carbonyl (C=O) groups is 1. The van der Waals surface area contributed by atoms with E-state index in [0.717, 1.165) is 0 Å². The van der Waals surface area contributed by atoms with Crippen molar-refractivity contribution >= 4 is 11.8 Å². The highest BCUT2D eigenvalue weighted by Gasteiger charge is 2.25. The molecule has 0 fully saturated rings. The summed E-state index contributed by atoms with van der Waals surface area (Å²) in [5.74, 6) is -0.878. The number of nitrogens with zero attached hydrogens (tertiary/aromatic N) is 1. The number of carboxylic acid groups (broad SMARTS) is 1. The summed E-state index contributed by atoms with van der Waals surface area (Å²) in [6.07, 6.45) is 0. The van der Waals surface area contributed by atoms with E-state index in [9.17, 15) is 4.79 Å². The molecule has 6 nitrogen and oxygen atoms in total. The molecule has 0 aromatic carbocycles. The van der Waals surface area contributed by atoms with Gasteiger partial charge in [0.2, 0.25) is 11.6 Å². The van der Waals surface area contributed by atoms with E-state index in [2.05, 4.69) is 15.0 Å². The van der Waals surface area contributed by atoms with Crippen molar-refractivity contribution in [3.63, 3.8) is 0 Å². The quantitative estimate of drug-likeness (QED) is 0.625. The van der Waals surface area contributed by atoms with Gasteiger partial charge in [0.25, 0.3) is 5.76 Å². The lowest BCUT2D eigenvalue weighted by Crippen LogP contribution is -2.18. The number of carboxylic acids is 1. The van der Waals surface area contributed by atoms with Crippen LogP contribution in [0.3, 0.4) is 0 Å². The van der Waals surface area contributed by atoms with Crippen molar-refractivity contribution in [3.8, 4) is 5.75 Å². The highest BCUT2D eigenvalue weighted by Crippen LogP contribution is 2.30. The second-order valence-electron chi connectivity index (χ2n) is 2.27. The Bertz CT molecular complexity index is 319. The summed E-state index contributed by atoms with van der Waals surface area (Å²) in [5.41, 5.74) is 0. The predicted octanol–water partition coefficient (Wildman–Crippen LogP) is 0.177. The maximum atomic E-state index is 10.5. The highest BCUT2D eigenvalue weighted by atomic mass is 16.5. The number of ether oxygens (including phenoxy) is 1. The van der Waals surface area contributed by atoms with Gasteiger partial charge >= 0.3 is 5.97 Å². The number of hydrogen-bond donors (Lipinski definition) is 2. The van der Waals surface area contributed by atoms with Crippen LogP contribution in [0.2, 0.25) is 0 Å². The van der Waals surface area contributed by atoms with Crippen molar-refractivity contribution in [1.82, 2.24) is 5.16 Å². The minimum Gasteiger partial charge on any atom is -0.484 e. The molecule has 1 aliphatic heterocycles. The second kappa shape index (κ2) is 2.40. The van der Waals surface area contributed by atoms with Crippen LogP contribution in [0.4, 0.5) is 5.82 Å². The van der Waals surface area contributed by atoms with Crippen LogP contribution in [-0.2, 0) is 0 Å². The zero-order chi connectivity index (χ0) is 8.55. The highest BCUT2D eigenvalue weighted by molar-refractivity contribution is 5.89. The Morgan fingerprint density at radius 3 is 3.25 bits per heavy atom. The van der Waals surface area contributed by atoms with Gasteiger partial charge in [0.15, 0.2) is 0 Å². The molecule has 0 radical (unpaired) electrons. The van der Waals surface area contributed by atoms with Gasteiger partial charge in [-0.3, -0.25) is 0 Å². The topological polar surface area (TPSA) is 84.6 Å². The zero-order valence-electron chi connectivity index (χ0n) is 6.03. The van der Waals surface area contributed by atoms with E-state index in [1.807, 2.05) is 0 Å². The molecule has 2 rings (SSSR count). The molecule has 1 aliphatic rings. The molecule has 0 amide bonds. The van der Waals surface area contributed by atoms with Gasteiger partial charge in [-0.25, -0.2) is 4.79 Å². The van der Waals surface area contributed by atoms with Crippen molar-refractivity contribution < 1.29 is 19.2 Å². The van der Waals surface area contributed by atoms with Crippen LogP contribution in [0.5, 0.6) is 5.75 Å². The molecule has 0 unspecified atom stereocenters. The van der Waals surface area contributed by atoms with Gasteiger partial charge in [-0.15, -0.1) is 0 Å². The summed E-state index contributed by atoms with van der Waals surface area (Å²) in [7, 11) is 0. The lowest BCUT2D eigenvalue weighted by atomic mass is 10.3. The van der Waals surface area contributed by atoms with E-state index in [0.29, 0.717) is 19.0 Å². The van der Waals surface area contributed by atoms with Gasteiger partial charge in [0.05, 0.1) is 6.54 Å². The molecule has 0 aliphatic carbocycles. The van der Waals surface area contributed by atoms with Gasteiger partial charge in [-0.05, 0) is 0 Å². The molecule has 1 aromatic heterocycles. The van der Waals surface area contributed by atoms with Crippen LogP contribution in [0.1, 0.15) is 10.6 Å². The Morgan fingerprint density at radius 2 is 2.50 bits per heavy atom. The Hall–Kier alpha value is -1.72. The molecule has 0 saturated carbocycles. The molecule has 0 atom stereocenters. The third-order valence-corrected chi connectivity index (χ3v) is 1.48. The van der Waals surface area contributed by atoms with E-state index >= 15 is 0 Å². The van der Waals surface area contributed by atoms with E-state index in [4.69, 9.17) is 9.84 Å². The molecule has 1 aromatic rings. The minimum atomic E-state index is -1.17. The SMILES string of the molecule is O=C(O)c1onc2c1OCCN2. The van der Waals surface area contributed by atoms with Crippen molar-refractivity contribution in [1.29, 1.82) is 0 Å². The summed E-state index contributed by atoms with van der Waals surface area (Å²) >= 11 is 0. The first-order valence-electron chi connectivity index (χ1n) is 3.38. The number of rotatable bonds is 1. The third kappa shape index (κ3) is 0.884. The molecule has 0 spiro atoms. The molecular formula is C6H6N2O4. The van der Waals surface area contributed by atoms with E-state index < -0.39 is 5.97 Å². The fourth-order valence-electron chi connectivity index (χ4n) is 0.987. The number of aromatic carboxylic acids is 1. The Morgan fingerprint density at radius 1 is 1.67 bits per heavy atom. The lowest BCUT2D eigenvalue weighted by molar-refractivity contribution is 0.0646. The Labute approximate surface area is 67.1 Å². The van der Waals surface area contributed by atoms with Gasteiger partial charge in [-0.2, -0.15) is 0 Å². The molecule has 0 bridgehead atoms. The standard InChI is InChI=1S/C6H6N2O4/c9-6(10)4-3-5(8-12-4)7-1-2-11-3/h1-2H2,(H,7,8)(H,9,10). The van der Waals surface area contributed by atoms with Crippen LogP contribution < -0.4 is 10.1 Å². The number of anilines is 1. The van der Waals surface area contributed by atoms with Crippen molar-refractivity contribution in [2.45, 2.75) is 0 Å². The maximum absolute atomic E-state index is 10.5. The molecule has 2 heterocycles. The first kappa shape index (κ1) is 6.96. The summed E-state index contributed by atoms with van der Waals surface area (Å²) in [6.45, 7) is 1.03. The van der Waals surface area contributed by atoms with Crippen molar-refractivity contribution in [2.75, 3.05) is 18.5 Å². The molecular weight excluding hydrogens is 164 g/mol. The summed E-state index contributed by atoms with van der Waals surface area (Å²) in [5, 5.41) is 14.9. The third-order valence-electron chi connectivity index (χ3n) is 1.48. The average Bonchev–Trinajstić information content (AvgIpc) is 2.47. The largest absolute Gasteiger partial charge is 0.484 e. The van der Waals surface area contributed by atoms with Crippen molar-refractivity contribution in [2.24, 2.45) is 0 Å². The summed E-state index contributed by atoms with van der Waals surface area (Å²) in [6, 6.07) is 0. The van der Waals surface area contributed by atoms with E-state index in [-0.39, 0.29) is 11.5 Å². The van der Waals surface area contributed by atoms with Crippen LogP contribution >= 0.6 is 0 Å². The fraction of sp³-hybridized carbons (Fsp3) is 0.333. The molecule has 64 valence electrons. The Balaban J connectivity index is 2.44. The van der Waals surface area contributed by atoms with Gasteiger partial charge in [0, 0.05) is 0 Å². The summed E-state index contributed by atoms with van der Waals surface area (Å²) < 4.78 is 9.60. The van der Waals surface area contributed by atoms with Gasteiger partial charge < -0.3 is 19.7 Å². The second-order valence-corrected chi connectivity index (χ2v) is 2.27. The van der Waals surface area contributed by atoms with E-state index in [1.165, 1.54) is 0 Å². The van der Waals surface area contributed by atoms with Gasteiger partial charge in [0.1, 0.15) is 6.61 Å². The van der Waals surface area contributed by atoms with Crippen LogP contribution in [0.25, 0.3) is 0 Å². The van der Waals surface area contributed by atoms with Crippen LogP contribution in [-0.4, -0.2) is 29.4 Å². The molecule has 2 N–H and O–H groups in total. The monoisotopic (exact) mass is 170 g/mol. The first-order valence-corrected chi connectivity index (χ1v) is 3.38. The number of fused-ring (bicyclic) bond motifs is 1. The normalized spacial score (nSPS) is 14.3. The zero-order valence-corrected chi connectivity index (χ0v) is 6.03. The number of hydrogen-bond acceptors (Lipinski definition) is 5. The average molecular weight is 170 g/mol. The molecule has 12 heavy (non-hydrogen) atoms. The van der Waals surface area contributed by atoms with Crippen LogP contribution in [0, 0.1) is 0 Å². The van der Waals surface area contributed by atoms with E-state index in [1.54, 1.807) is 0 Å². The Kier molecular flexibility index (Phi) is 1.39. The number of aromatic nitrogens is 1. The summed E-state index contributed by atoms with van der Waals surface area (Å²) in [4.78, 5) is 10.5.